The van der Waals surface area contributed by atoms with Crippen LogP contribution in [0.1, 0.15) is 28.8 Å². The normalized spacial score (nSPS) is 19.6. The lowest BCUT2D eigenvalue weighted by Crippen LogP contribution is -2.38. The third-order valence-corrected chi connectivity index (χ3v) is 5.33. The van der Waals surface area contributed by atoms with Gasteiger partial charge in [0.2, 0.25) is 0 Å². The van der Waals surface area contributed by atoms with Crippen molar-refractivity contribution in [1.82, 2.24) is 9.88 Å². The highest BCUT2D eigenvalue weighted by molar-refractivity contribution is 5.95. The number of aromatic nitrogens is 1. The van der Waals surface area contributed by atoms with Gasteiger partial charge in [0.1, 0.15) is 0 Å². The fourth-order valence-electron chi connectivity index (χ4n) is 3.80. The number of carbonyl (C=O) groups is 1. The third-order valence-electron chi connectivity index (χ3n) is 5.33. The van der Waals surface area contributed by atoms with Gasteiger partial charge >= 0.3 is 0 Å². The highest BCUT2D eigenvalue weighted by Gasteiger charge is 2.24. The Kier molecular flexibility index (Phi) is 6.19. The van der Waals surface area contributed by atoms with Crippen LogP contribution in [-0.4, -0.2) is 61.3 Å². The minimum Gasteiger partial charge on any atom is -0.378 e. The number of ether oxygens (including phenoxy) is 2. The molecule has 2 aliphatic rings. The number of rotatable bonds is 6. The van der Waals surface area contributed by atoms with Crippen molar-refractivity contribution in [3.8, 4) is 0 Å². The molecular weight excluding hydrogens is 354 g/mol. The van der Waals surface area contributed by atoms with Crippen molar-refractivity contribution in [3.05, 3.63) is 59.9 Å². The molecule has 6 nitrogen and oxygen atoms in total. The molecule has 28 heavy (non-hydrogen) atoms. The molecule has 1 aromatic carbocycles. The summed E-state index contributed by atoms with van der Waals surface area (Å²) in [6.45, 7) is 5.12. The van der Waals surface area contributed by atoms with Gasteiger partial charge in [0.25, 0.3) is 5.91 Å². The smallest absolute Gasteiger partial charge is 0.254 e. The molecule has 0 unspecified atom stereocenters. The zero-order valence-electron chi connectivity index (χ0n) is 16.1. The Morgan fingerprint density at radius 2 is 1.96 bits per heavy atom. The minimum absolute atomic E-state index is 0.0439. The van der Waals surface area contributed by atoms with Crippen molar-refractivity contribution in [3.63, 3.8) is 0 Å². The Bertz CT molecular complexity index is 772. The second kappa shape index (κ2) is 9.17. The molecule has 1 amide bonds. The van der Waals surface area contributed by atoms with E-state index in [4.69, 9.17) is 9.47 Å². The molecule has 4 rings (SSSR count). The zero-order valence-corrected chi connectivity index (χ0v) is 16.1. The molecule has 3 heterocycles. The fourth-order valence-corrected chi connectivity index (χ4v) is 3.80. The van der Waals surface area contributed by atoms with E-state index in [0.29, 0.717) is 13.1 Å². The quantitative estimate of drug-likeness (QED) is 0.770. The van der Waals surface area contributed by atoms with Crippen LogP contribution in [0.4, 0.5) is 5.69 Å². The van der Waals surface area contributed by atoms with Crippen molar-refractivity contribution < 1.29 is 14.3 Å². The van der Waals surface area contributed by atoms with Gasteiger partial charge in [-0.15, -0.1) is 0 Å². The molecule has 0 saturated carbocycles. The molecule has 148 valence electrons. The van der Waals surface area contributed by atoms with E-state index in [1.54, 1.807) is 12.4 Å². The lowest BCUT2D eigenvalue weighted by atomic mass is 10.1. The summed E-state index contributed by atoms with van der Waals surface area (Å²) in [5.41, 5.74) is 2.87. The van der Waals surface area contributed by atoms with Gasteiger partial charge in [-0.05, 0) is 48.7 Å². The summed E-state index contributed by atoms with van der Waals surface area (Å²) >= 11 is 0. The molecule has 2 fully saturated rings. The Morgan fingerprint density at radius 3 is 2.71 bits per heavy atom. The third kappa shape index (κ3) is 4.69. The minimum atomic E-state index is 0.0439. The summed E-state index contributed by atoms with van der Waals surface area (Å²) in [4.78, 5) is 21.6. The number of nitrogens with zero attached hydrogens (tertiary/aromatic N) is 3. The van der Waals surface area contributed by atoms with Crippen molar-refractivity contribution in [2.24, 2.45) is 0 Å². The van der Waals surface area contributed by atoms with E-state index in [1.807, 2.05) is 35.2 Å². The average molecular weight is 381 g/mol. The van der Waals surface area contributed by atoms with Gasteiger partial charge in [-0.2, -0.15) is 0 Å². The number of pyridine rings is 1. The van der Waals surface area contributed by atoms with Gasteiger partial charge in [-0.1, -0.05) is 6.07 Å². The predicted octanol–water partition coefficient (Wildman–Crippen LogP) is 2.74. The first kappa shape index (κ1) is 18.9. The van der Waals surface area contributed by atoms with Crippen LogP contribution >= 0.6 is 0 Å². The van der Waals surface area contributed by atoms with Crippen LogP contribution in [0.15, 0.2) is 48.8 Å². The van der Waals surface area contributed by atoms with Gasteiger partial charge in [-0.25, -0.2) is 0 Å². The molecule has 6 heteroatoms. The number of amides is 1. The Labute approximate surface area is 166 Å². The molecule has 0 spiro atoms. The van der Waals surface area contributed by atoms with Crippen molar-refractivity contribution >= 4 is 11.6 Å². The SMILES string of the molecule is O=C(c1cccc(N2CCOCC2)c1)N(Cc1ccncc1)C[C@@H]1CCCO1. The molecule has 0 aliphatic carbocycles. The van der Waals surface area contributed by atoms with Crippen LogP contribution in [0.5, 0.6) is 0 Å². The van der Waals surface area contributed by atoms with E-state index in [9.17, 15) is 4.79 Å². The van der Waals surface area contributed by atoms with Gasteiger partial charge in [-0.3, -0.25) is 9.78 Å². The predicted molar refractivity (Wildman–Crippen MR) is 107 cm³/mol. The first-order valence-corrected chi connectivity index (χ1v) is 10.0. The largest absolute Gasteiger partial charge is 0.378 e. The van der Waals surface area contributed by atoms with Crippen LogP contribution in [0.3, 0.4) is 0 Å². The molecule has 0 bridgehead atoms. The van der Waals surface area contributed by atoms with Gasteiger partial charge < -0.3 is 19.3 Å². The molecule has 2 saturated heterocycles. The van der Waals surface area contributed by atoms with Gasteiger partial charge in [0.15, 0.2) is 0 Å². The second-order valence-corrected chi connectivity index (χ2v) is 7.33. The monoisotopic (exact) mass is 381 g/mol. The van der Waals surface area contributed by atoms with Crippen molar-refractivity contribution in [1.29, 1.82) is 0 Å². The van der Waals surface area contributed by atoms with E-state index in [2.05, 4.69) is 16.0 Å². The Balaban J connectivity index is 1.53. The van der Waals surface area contributed by atoms with E-state index < -0.39 is 0 Å². The molecule has 2 aliphatic heterocycles. The standard InChI is InChI=1S/C22H27N3O3/c26-22(19-3-1-4-20(15-19)24-10-13-27-14-11-24)25(17-21-5-2-12-28-21)16-18-6-8-23-9-7-18/h1,3-4,6-9,15,21H,2,5,10-14,16-17H2/t21-/m0/s1. The summed E-state index contributed by atoms with van der Waals surface area (Å²) in [5, 5.41) is 0. The van der Waals surface area contributed by atoms with Crippen LogP contribution < -0.4 is 4.90 Å². The molecule has 1 aromatic heterocycles. The summed E-state index contributed by atoms with van der Waals surface area (Å²) < 4.78 is 11.2. The van der Waals surface area contributed by atoms with E-state index in [1.165, 1.54) is 0 Å². The van der Waals surface area contributed by atoms with Gasteiger partial charge in [0, 0.05) is 56.4 Å². The molecular formula is C22H27N3O3. The van der Waals surface area contributed by atoms with Crippen molar-refractivity contribution in [2.45, 2.75) is 25.5 Å². The molecule has 0 radical (unpaired) electrons. The summed E-state index contributed by atoms with van der Waals surface area (Å²) in [6.07, 6.45) is 5.72. The highest BCUT2D eigenvalue weighted by Crippen LogP contribution is 2.21. The van der Waals surface area contributed by atoms with Crippen molar-refractivity contribution in [2.75, 3.05) is 44.4 Å². The first-order chi connectivity index (χ1) is 13.8. The van der Waals surface area contributed by atoms with Crippen LogP contribution in [0, 0.1) is 0 Å². The maximum absolute atomic E-state index is 13.4. The number of anilines is 1. The molecule has 1 atom stereocenters. The highest BCUT2D eigenvalue weighted by atomic mass is 16.5. The number of hydrogen-bond donors (Lipinski definition) is 0. The Morgan fingerprint density at radius 1 is 1.14 bits per heavy atom. The molecule has 2 aromatic rings. The lowest BCUT2D eigenvalue weighted by Gasteiger charge is -2.30. The topological polar surface area (TPSA) is 54.9 Å². The first-order valence-electron chi connectivity index (χ1n) is 10.0. The number of carbonyl (C=O) groups excluding carboxylic acids is 1. The number of morpholine rings is 1. The van der Waals surface area contributed by atoms with E-state index >= 15 is 0 Å². The Hall–Kier alpha value is -2.44. The average Bonchev–Trinajstić information content (AvgIpc) is 3.27. The maximum atomic E-state index is 13.4. The maximum Gasteiger partial charge on any atom is 0.254 e. The van der Waals surface area contributed by atoms with E-state index in [-0.39, 0.29) is 12.0 Å². The second-order valence-electron chi connectivity index (χ2n) is 7.33. The fraction of sp³-hybridized carbons (Fsp3) is 0.455. The summed E-state index contributed by atoms with van der Waals surface area (Å²) in [6, 6.07) is 11.9. The zero-order chi connectivity index (χ0) is 19.2. The van der Waals surface area contributed by atoms with Crippen LogP contribution in [0.2, 0.25) is 0 Å². The summed E-state index contributed by atoms with van der Waals surface area (Å²) in [7, 11) is 0. The lowest BCUT2D eigenvalue weighted by molar-refractivity contribution is 0.0507. The molecule has 0 N–H and O–H groups in total. The van der Waals surface area contributed by atoms with E-state index in [0.717, 1.165) is 62.6 Å². The van der Waals surface area contributed by atoms with Gasteiger partial charge in [0.05, 0.1) is 19.3 Å². The number of hydrogen-bond acceptors (Lipinski definition) is 5. The van der Waals surface area contributed by atoms with Crippen LogP contribution in [-0.2, 0) is 16.0 Å². The number of benzene rings is 1. The van der Waals surface area contributed by atoms with Crippen LogP contribution in [0.25, 0.3) is 0 Å². The summed E-state index contributed by atoms with van der Waals surface area (Å²) in [5.74, 6) is 0.0439.